The van der Waals surface area contributed by atoms with Crippen LogP contribution in [0.4, 0.5) is 5.95 Å². The maximum Gasteiger partial charge on any atom is 0.248 e. The molecular formula is C15H21N5O. The monoisotopic (exact) mass is 287 g/mol. The van der Waals surface area contributed by atoms with Crippen molar-refractivity contribution >= 4 is 11.9 Å². The smallest absolute Gasteiger partial charge is 0.248 e. The Morgan fingerprint density at radius 1 is 1.38 bits per heavy atom. The van der Waals surface area contributed by atoms with Crippen LogP contribution in [-0.2, 0) is 20.1 Å². The second kappa shape index (κ2) is 6.41. The Balaban J connectivity index is 1.95. The highest BCUT2D eigenvalue weighted by molar-refractivity contribution is 5.92. The van der Waals surface area contributed by atoms with E-state index in [0.29, 0.717) is 18.7 Å². The first-order chi connectivity index (χ1) is 9.99. The first-order valence-electron chi connectivity index (χ1n) is 6.76. The molecule has 6 heteroatoms. The zero-order valence-corrected chi connectivity index (χ0v) is 12.6. The molecule has 2 rings (SSSR count). The molecule has 1 amide bonds. The van der Waals surface area contributed by atoms with E-state index in [1.54, 1.807) is 6.07 Å². The lowest BCUT2D eigenvalue weighted by Gasteiger charge is -2.13. The van der Waals surface area contributed by atoms with Crippen LogP contribution >= 0.6 is 0 Å². The summed E-state index contributed by atoms with van der Waals surface area (Å²) in [4.78, 5) is 17.5. The van der Waals surface area contributed by atoms with Gasteiger partial charge < -0.3 is 20.5 Å². The fourth-order valence-electron chi connectivity index (χ4n) is 2.18. The Kier molecular flexibility index (Phi) is 4.59. The van der Waals surface area contributed by atoms with Gasteiger partial charge in [-0.15, -0.1) is 0 Å². The van der Waals surface area contributed by atoms with Gasteiger partial charge in [-0.2, -0.15) is 0 Å². The van der Waals surface area contributed by atoms with Crippen molar-refractivity contribution in [2.45, 2.75) is 13.1 Å². The molecule has 0 saturated carbocycles. The van der Waals surface area contributed by atoms with Gasteiger partial charge >= 0.3 is 0 Å². The number of hydrogen-bond acceptors (Lipinski definition) is 4. The quantitative estimate of drug-likeness (QED) is 0.827. The number of primary amides is 1. The van der Waals surface area contributed by atoms with Gasteiger partial charge in [0.2, 0.25) is 11.9 Å². The molecule has 0 spiro atoms. The van der Waals surface area contributed by atoms with E-state index in [9.17, 15) is 4.79 Å². The Morgan fingerprint density at radius 2 is 2.14 bits per heavy atom. The molecule has 1 aromatic heterocycles. The van der Waals surface area contributed by atoms with Crippen molar-refractivity contribution in [1.29, 1.82) is 0 Å². The number of amides is 1. The minimum Gasteiger partial charge on any atom is -0.366 e. The van der Waals surface area contributed by atoms with Gasteiger partial charge in [0.15, 0.2) is 0 Å². The summed E-state index contributed by atoms with van der Waals surface area (Å²) < 4.78 is 2.05. The highest BCUT2D eigenvalue weighted by Gasteiger charge is 2.07. The third-order valence-electron chi connectivity index (χ3n) is 3.31. The van der Waals surface area contributed by atoms with Crippen LogP contribution in [0.15, 0.2) is 30.5 Å². The van der Waals surface area contributed by atoms with Crippen molar-refractivity contribution in [3.05, 3.63) is 47.3 Å². The van der Waals surface area contributed by atoms with Crippen molar-refractivity contribution < 1.29 is 4.79 Å². The average molecular weight is 287 g/mol. The van der Waals surface area contributed by atoms with Crippen molar-refractivity contribution in [3.8, 4) is 0 Å². The number of nitrogens with two attached hydrogens (primary N) is 1. The van der Waals surface area contributed by atoms with Crippen LogP contribution in [0, 0.1) is 0 Å². The molecule has 112 valence electrons. The molecule has 0 aliphatic rings. The molecule has 0 aliphatic carbocycles. The number of carbonyl (C=O) groups excluding carboxylic acids is 1. The van der Waals surface area contributed by atoms with Gasteiger partial charge in [-0.3, -0.25) is 4.79 Å². The summed E-state index contributed by atoms with van der Waals surface area (Å²) in [5, 5.41) is 3.35. The van der Waals surface area contributed by atoms with Crippen LogP contribution in [-0.4, -0.2) is 29.6 Å². The molecule has 1 heterocycles. The topological polar surface area (TPSA) is 76.2 Å². The van der Waals surface area contributed by atoms with E-state index in [-0.39, 0.29) is 0 Å². The number of anilines is 1. The third-order valence-corrected chi connectivity index (χ3v) is 3.31. The van der Waals surface area contributed by atoms with Crippen LogP contribution in [0.5, 0.6) is 0 Å². The molecule has 0 bridgehead atoms. The van der Waals surface area contributed by atoms with Crippen LogP contribution < -0.4 is 16.0 Å². The van der Waals surface area contributed by atoms with Crippen LogP contribution in [0.2, 0.25) is 0 Å². The predicted octanol–water partition coefficient (Wildman–Crippen LogP) is 0.875. The van der Waals surface area contributed by atoms with Gasteiger partial charge in [-0.1, -0.05) is 12.1 Å². The molecular weight excluding hydrogens is 266 g/mol. The van der Waals surface area contributed by atoms with E-state index in [2.05, 4.69) is 10.3 Å². The van der Waals surface area contributed by atoms with Gasteiger partial charge in [0.1, 0.15) is 0 Å². The van der Waals surface area contributed by atoms with E-state index >= 15 is 0 Å². The third kappa shape index (κ3) is 3.61. The normalized spacial score (nSPS) is 10.6. The number of nitrogens with zero attached hydrogens (tertiary/aromatic N) is 3. The Hall–Kier alpha value is -2.34. The summed E-state index contributed by atoms with van der Waals surface area (Å²) in [7, 11) is 5.93. The summed E-state index contributed by atoms with van der Waals surface area (Å²) in [6, 6.07) is 7.33. The minimum atomic E-state index is -0.404. The number of aromatic nitrogens is 2. The predicted molar refractivity (Wildman–Crippen MR) is 83.0 cm³/mol. The number of imidazole rings is 1. The zero-order valence-electron chi connectivity index (χ0n) is 12.6. The average Bonchev–Trinajstić information content (AvgIpc) is 2.81. The highest BCUT2D eigenvalue weighted by Crippen LogP contribution is 2.11. The lowest BCUT2D eigenvalue weighted by Crippen LogP contribution is -2.18. The Bertz CT molecular complexity index is 633. The Morgan fingerprint density at radius 3 is 2.76 bits per heavy atom. The van der Waals surface area contributed by atoms with Gasteiger partial charge in [0.05, 0.1) is 11.9 Å². The molecule has 0 saturated heterocycles. The second-order valence-corrected chi connectivity index (χ2v) is 5.17. The largest absolute Gasteiger partial charge is 0.366 e. The number of nitrogens with one attached hydrogen (secondary N) is 1. The van der Waals surface area contributed by atoms with E-state index < -0.39 is 5.91 Å². The molecule has 0 atom stereocenters. The van der Waals surface area contributed by atoms with Crippen LogP contribution in [0.3, 0.4) is 0 Å². The van der Waals surface area contributed by atoms with Crippen LogP contribution in [0.1, 0.15) is 21.6 Å². The molecule has 2 aromatic rings. The van der Waals surface area contributed by atoms with Crippen molar-refractivity contribution in [2.75, 3.05) is 19.0 Å². The maximum absolute atomic E-state index is 11.1. The first-order valence-corrected chi connectivity index (χ1v) is 6.76. The molecule has 0 aliphatic heterocycles. The SMILES string of the molecule is CN(C)c1ncc(CNCc2cccc(C(N)=O)c2)n1C. The van der Waals surface area contributed by atoms with Crippen LogP contribution in [0.25, 0.3) is 0 Å². The molecule has 3 N–H and O–H groups in total. The minimum absolute atomic E-state index is 0.404. The van der Waals surface area contributed by atoms with Crippen molar-refractivity contribution in [1.82, 2.24) is 14.9 Å². The van der Waals surface area contributed by atoms with E-state index in [0.717, 1.165) is 17.2 Å². The van der Waals surface area contributed by atoms with Gasteiger partial charge in [-0.05, 0) is 17.7 Å². The maximum atomic E-state index is 11.1. The summed E-state index contributed by atoms with van der Waals surface area (Å²) in [6.07, 6.45) is 1.86. The number of benzene rings is 1. The summed E-state index contributed by atoms with van der Waals surface area (Å²) in [6.45, 7) is 1.38. The van der Waals surface area contributed by atoms with Gasteiger partial charge in [0, 0.05) is 39.8 Å². The second-order valence-electron chi connectivity index (χ2n) is 5.17. The molecule has 0 radical (unpaired) electrons. The van der Waals surface area contributed by atoms with Crippen molar-refractivity contribution in [3.63, 3.8) is 0 Å². The summed E-state index contributed by atoms with van der Waals surface area (Å²) >= 11 is 0. The van der Waals surface area contributed by atoms with Crippen molar-refractivity contribution in [2.24, 2.45) is 12.8 Å². The lowest BCUT2D eigenvalue weighted by atomic mass is 10.1. The zero-order chi connectivity index (χ0) is 15.4. The molecule has 0 unspecified atom stereocenters. The molecule has 1 aromatic carbocycles. The fraction of sp³-hybridized carbons (Fsp3) is 0.333. The standard InChI is InChI=1S/C15H21N5O/c1-19(2)15-18-10-13(20(15)3)9-17-8-11-5-4-6-12(7-11)14(16)21/h4-7,10,17H,8-9H2,1-3H3,(H2,16,21). The van der Waals surface area contributed by atoms with Gasteiger partial charge in [0.25, 0.3) is 0 Å². The van der Waals surface area contributed by atoms with E-state index in [4.69, 9.17) is 5.73 Å². The molecule has 6 nitrogen and oxygen atoms in total. The Labute approximate surface area is 124 Å². The molecule has 21 heavy (non-hydrogen) atoms. The first kappa shape index (κ1) is 15.1. The summed E-state index contributed by atoms with van der Waals surface area (Å²) in [5.41, 5.74) is 7.94. The highest BCUT2D eigenvalue weighted by atomic mass is 16.1. The van der Waals surface area contributed by atoms with E-state index in [1.165, 1.54) is 0 Å². The number of rotatable bonds is 6. The number of hydrogen-bond donors (Lipinski definition) is 2. The summed E-state index contributed by atoms with van der Waals surface area (Å²) in [5.74, 6) is 0.515. The van der Waals surface area contributed by atoms with Gasteiger partial charge in [-0.25, -0.2) is 4.98 Å². The lowest BCUT2D eigenvalue weighted by molar-refractivity contribution is 0.1000. The molecule has 0 fully saturated rings. The van der Waals surface area contributed by atoms with E-state index in [1.807, 2.05) is 55.0 Å². The number of carbonyl (C=O) groups is 1. The fourth-order valence-corrected chi connectivity index (χ4v) is 2.18.